The first-order valence-electron chi connectivity index (χ1n) is 27.2. The summed E-state index contributed by atoms with van der Waals surface area (Å²) in [4.78, 5) is 25.4. The molecule has 0 aromatic carbocycles. The van der Waals surface area contributed by atoms with Crippen LogP contribution in [0.5, 0.6) is 0 Å². The van der Waals surface area contributed by atoms with E-state index in [2.05, 4.69) is 153 Å². The van der Waals surface area contributed by atoms with E-state index >= 15 is 0 Å². The number of likely N-dealkylation sites (N-methyl/N-ethyl adjacent to an activating group) is 1. The van der Waals surface area contributed by atoms with Gasteiger partial charge in [0.2, 0.25) is 5.91 Å². The van der Waals surface area contributed by atoms with Crippen LogP contribution >= 0.6 is 7.82 Å². The SMILES string of the molecule is CC/C=C\C/C=C\C/C=C\C/C=C\C/C=C\C/C=C\C/C=C\C/C=C\C/C=C\C/C=C\CCCCC(=O)NC(COP(=O)([O-])OCC[N+](C)(C)C)C(O)/C=C/CC/C=C/CCCCCCCCCCC. The smallest absolute Gasteiger partial charge is 0.268 e. The Hall–Kier alpha value is -3.62. The van der Waals surface area contributed by atoms with Crippen LogP contribution in [0.1, 0.15) is 181 Å². The zero-order chi connectivity index (χ0) is 51.3. The number of amides is 1. The first-order chi connectivity index (χ1) is 34.0. The number of unbranched alkanes of at least 4 members (excludes halogenated alkanes) is 12. The van der Waals surface area contributed by atoms with Gasteiger partial charge in [-0.1, -0.05) is 211 Å². The van der Waals surface area contributed by atoms with Crippen LogP contribution in [0.3, 0.4) is 0 Å². The summed E-state index contributed by atoms with van der Waals surface area (Å²) in [5, 5.41) is 13.8. The molecule has 0 spiro atoms. The van der Waals surface area contributed by atoms with Crippen LogP contribution < -0.4 is 10.2 Å². The number of aliphatic hydroxyl groups is 1. The van der Waals surface area contributed by atoms with E-state index in [0.717, 1.165) is 96.3 Å². The zero-order valence-corrected chi connectivity index (χ0v) is 45.8. The predicted octanol–water partition coefficient (Wildman–Crippen LogP) is 15.9. The van der Waals surface area contributed by atoms with Gasteiger partial charge in [0.15, 0.2) is 0 Å². The Labute approximate surface area is 429 Å². The fourth-order valence-corrected chi connectivity index (χ4v) is 7.51. The molecule has 0 aromatic rings. The summed E-state index contributed by atoms with van der Waals surface area (Å²) in [6.07, 6.45) is 77.8. The Morgan fingerprint density at radius 1 is 0.514 bits per heavy atom. The minimum atomic E-state index is -4.62. The molecular formula is C61H101N2O6P. The Morgan fingerprint density at radius 2 is 0.886 bits per heavy atom. The lowest BCUT2D eigenvalue weighted by Crippen LogP contribution is -2.45. The van der Waals surface area contributed by atoms with Crippen molar-refractivity contribution in [1.29, 1.82) is 0 Å². The number of phosphoric acid groups is 1. The molecule has 3 unspecified atom stereocenters. The molecule has 0 saturated carbocycles. The van der Waals surface area contributed by atoms with E-state index in [1.54, 1.807) is 6.08 Å². The summed E-state index contributed by atoms with van der Waals surface area (Å²) in [6.45, 7) is 4.44. The average molecular weight is 989 g/mol. The predicted molar refractivity (Wildman–Crippen MR) is 301 cm³/mol. The molecule has 0 aromatic heterocycles. The van der Waals surface area contributed by atoms with Crippen LogP contribution in [0.25, 0.3) is 0 Å². The molecule has 0 heterocycles. The fourth-order valence-electron chi connectivity index (χ4n) is 6.78. The van der Waals surface area contributed by atoms with E-state index in [4.69, 9.17) is 9.05 Å². The molecule has 3 atom stereocenters. The summed E-state index contributed by atoms with van der Waals surface area (Å²) in [5.41, 5.74) is 0. The molecule has 2 N–H and O–H groups in total. The third-order valence-electron chi connectivity index (χ3n) is 11.0. The molecule has 0 bridgehead atoms. The Balaban J connectivity index is 4.38. The monoisotopic (exact) mass is 989 g/mol. The van der Waals surface area contributed by atoms with Gasteiger partial charge in [-0.25, -0.2) is 0 Å². The highest BCUT2D eigenvalue weighted by atomic mass is 31.2. The molecule has 0 aliphatic carbocycles. The molecule has 9 heteroatoms. The van der Waals surface area contributed by atoms with Crippen LogP contribution in [0.4, 0.5) is 0 Å². The molecule has 70 heavy (non-hydrogen) atoms. The van der Waals surface area contributed by atoms with E-state index in [1.807, 2.05) is 27.2 Å². The van der Waals surface area contributed by atoms with Gasteiger partial charge >= 0.3 is 0 Å². The minimum Gasteiger partial charge on any atom is -0.756 e. The van der Waals surface area contributed by atoms with Crippen molar-refractivity contribution in [3.63, 3.8) is 0 Å². The first kappa shape index (κ1) is 66.4. The van der Waals surface area contributed by atoms with Gasteiger partial charge in [0.1, 0.15) is 13.2 Å². The number of hydrogen-bond donors (Lipinski definition) is 2. The molecule has 0 fully saturated rings. The molecule has 0 saturated heterocycles. The topological polar surface area (TPSA) is 108 Å². The largest absolute Gasteiger partial charge is 0.756 e. The maximum Gasteiger partial charge on any atom is 0.268 e. The molecule has 8 nitrogen and oxygen atoms in total. The van der Waals surface area contributed by atoms with Gasteiger partial charge < -0.3 is 28.8 Å². The van der Waals surface area contributed by atoms with Crippen LogP contribution in [0.15, 0.2) is 146 Å². The number of rotatable bonds is 47. The third-order valence-corrected chi connectivity index (χ3v) is 12.0. The number of quaternary nitrogens is 1. The van der Waals surface area contributed by atoms with Crippen molar-refractivity contribution < 1.29 is 32.9 Å². The Kier molecular flexibility index (Phi) is 47.7. The van der Waals surface area contributed by atoms with Gasteiger partial charge in [-0.15, -0.1) is 0 Å². The summed E-state index contributed by atoms with van der Waals surface area (Å²) in [5.74, 6) is -0.257. The molecule has 0 rings (SSSR count). The first-order valence-corrected chi connectivity index (χ1v) is 28.7. The molecule has 396 valence electrons. The summed E-state index contributed by atoms with van der Waals surface area (Å²) >= 11 is 0. The average Bonchev–Trinajstić information content (AvgIpc) is 3.32. The van der Waals surface area contributed by atoms with Gasteiger partial charge in [-0.3, -0.25) is 9.36 Å². The second-order valence-electron chi connectivity index (χ2n) is 18.8. The van der Waals surface area contributed by atoms with Gasteiger partial charge in [0.05, 0.1) is 39.9 Å². The number of aliphatic hydroxyl groups excluding tert-OH is 1. The number of carbonyl (C=O) groups is 1. The van der Waals surface area contributed by atoms with Gasteiger partial charge in [0, 0.05) is 6.42 Å². The maximum absolute atomic E-state index is 12.9. The second-order valence-corrected chi connectivity index (χ2v) is 20.2. The normalized spacial score (nSPS) is 15.1. The van der Waals surface area contributed by atoms with Crippen molar-refractivity contribution in [1.82, 2.24) is 5.32 Å². The van der Waals surface area contributed by atoms with Crippen molar-refractivity contribution in [2.24, 2.45) is 0 Å². The van der Waals surface area contributed by atoms with E-state index in [-0.39, 0.29) is 18.9 Å². The van der Waals surface area contributed by atoms with Crippen LogP contribution in [-0.4, -0.2) is 68.5 Å². The second kappa shape index (κ2) is 50.3. The van der Waals surface area contributed by atoms with Crippen molar-refractivity contribution in [3.05, 3.63) is 146 Å². The molecule has 0 radical (unpaired) electrons. The summed E-state index contributed by atoms with van der Waals surface area (Å²) in [7, 11) is 1.19. The summed E-state index contributed by atoms with van der Waals surface area (Å²) < 4.78 is 23.2. The highest BCUT2D eigenvalue weighted by Crippen LogP contribution is 2.38. The van der Waals surface area contributed by atoms with Crippen molar-refractivity contribution >= 4 is 13.7 Å². The Morgan fingerprint density at radius 3 is 1.33 bits per heavy atom. The number of allylic oxidation sites excluding steroid dienone is 23. The molecule has 0 aliphatic rings. The highest BCUT2D eigenvalue weighted by Gasteiger charge is 2.23. The van der Waals surface area contributed by atoms with Crippen molar-refractivity contribution in [2.45, 2.75) is 193 Å². The maximum atomic E-state index is 12.9. The summed E-state index contributed by atoms with van der Waals surface area (Å²) in [6, 6.07) is -0.938. The van der Waals surface area contributed by atoms with Crippen LogP contribution in [-0.2, 0) is 18.4 Å². The third kappa shape index (κ3) is 52.2. The number of nitrogens with one attached hydrogen (secondary N) is 1. The minimum absolute atomic E-state index is 0.0236. The van der Waals surface area contributed by atoms with Gasteiger partial charge in [-0.05, 0) is 109 Å². The standard InChI is InChI=1S/C61H101N2O6P/c1-6-8-10-12-14-16-18-20-22-23-24-25-26-27-28-29-30-31-32-33-34-35-36-37-38-39-41-43-45-47-49-51-53-55-61(65)62-59(58-69-70(66,67)68-57-56-63(3,4)5)60(64)54-52-50-48-46-44-42-40-21-19-17-15-13-11-9-7-2/h8,10,14,16,20,22,24-25,27-28,30-31,33-34,36-37,39,41,44-47,52,54,59-60,64H,6-7,9,11-13,15,17-19,21,23,26,29,32,35,38,40,42-43,48-51,53,55-58H2,1-5H3,(H-,62,65,66,67)/b10-8-,16-14-,22-20-,25-24-,28-27-,31-30-,34-33-,37-36-,41-39-,46-44+,47-45-,54-52+. The number of phosphoric ester groups is 1. The number of carbonyl (C=O) groups excluding carboxylic acids is 1. The van der Waals surface area contributed by atoms with Crippen molar-refractivity contribution in [2.75, 3.05) is 40.9 Å². The van der Waals surface area contributed by atoms with E-state index in [9.17, 15) is 19.4 Å². The van der Waals surface area contributed by atoms with E-state index < -0.39 is 26.6 Å². The fraction of sp³-hybridized carbons (Fsp3) is 0.590. The lowest BCUT2D eigenvalue weighted by molar-refractivity contribution is -0.870. The lowest BCUT2D eigenvalue weighted by Gasteiger charge is -2.29. The number of nitrogens with zero attached hydrogens (tertiary/aromatic N) is 1. The molecule has 0 aliphatic heterocycles. The zero-order valence-electron chi connectivity index (χ0n) is 44.9. The quantitative estimate of drug-likeness (QED) is 0.0272. The highest BCUT2D eigenvalue weighted by molar-refractivity contribution is 7.45. The molecular weight excluding hydrogens is 888 g/mol. The lowest BCUT2D eigenvalue weighted by atomic mass is 10.1. The van der Waals surface area contributed by atoms with Crippen LogP contribution in [0, 0.1) is 0 Å². The van der Waals surface area contributed by atoms with Gasteiger partial charge in [-0.2, -0.15) is 0 Å². The van der Waals surface area contributed by atoms with E-state index in [1.165, 1.54) is 57.8 Å². The molecule has 1 amide bonds. The Bertz CT molecular complexity index is 1640. The van der Waals surface area contributed by atoms with Crippen LogP contribution in [0.2, 0.25) is 0 Å². The van der Waals surface area contributed by atoms with Gasteiger partial charge in [0.25, 0.3) is 7.82 Å². The van der Waals surface area contributed by atoms with E-state index in [0.29, 0.717) is 17.4 Å². The van der Waals surface area contributed by atoms with Crippen molar-refractivity contribution in [3.8, 4) is 0 Å². The number of hydrogen-bond acceptors (Lipinski definition) is 6.